The molecule has 0 saturated heterocycles. The Hall–Kier alpha value is -0.770. The fourth-order valence-corrected chi connectivity index (χ4v) is 3.19. The number of nitrogens with zero attached hydrogens (tertiary/aromatic N) is 1. The molecule has 18 heavy (non-hydrogen) atoms. The van der Waals surface area contributed by atoms with Crippen LogP contribution in [0.3, 0.4) is 0 Å². The van der Waals surface area contributed by atoms with Crippen molar-refractivity contribution in [3.63, 3.8) is 0 Å². The van der Waals surface area contributed by atoms with Crippen molar-refractivity contribution in [3.05, 3.63) is 0 Å². The van der Waals surface area contributed by atoms with E-state index in [4.69, 9.17) is 5.73 Å². The van der Waals surface area contributed by atoms with Gasteiger partial charge in [0.2, 0.25) is 0 Å². The first-order valence-electron chi connectivity index (χ1n) is 7.23. The molecule has 0 aromatic carbocycles. The molecule has 0 spiro atoms. The highest BCUT2D eigenvalue weighted by Gasteiger charge is 2.40. The van der Waals surface area contributed by atoms with E-state index >= 15 is 0 Å². The predicted molar refractivity (Wildman–Crippen MR) is 75.5 cm³/mol. The summed E-state index contributed by atoms with van der Waals surface area (Å²) in [4.78, 5) is 14.3. The summed E-state index contributed by atoms with van der Waals surface area (Å²) >= 11 is 0. The molecule has 4 heteroatoms. The second kappa shape index (κ2) is 6.41. The summed E-state index contributed by atoms with van der Waals surface area (Å²) in [7, 11) is 0. The molecule has 0 aromatic rings. The highest BCUT2D eigenvalue weighted by Crippen LogP contribution is 2.36. The Morgan fingerprint density at radius 1 is 1.56 bits per heavy atom. The van der Waals surface area contributed by atoms with Gasteiger partial charge in [0.15, 0.2) is 0 Å². The lowest BCUT2D eigenvalue weighted by Crippen LogP contribution is -2.61. The largest absolute Gasteiger partial charge is 0.336 e. The Balaban J connectivity index is 2.85. The molecule has 1 fully saturated rings. The van der Waals surface area contributed by atoms with Crippen molar-refractivity contribution in [1.82, 2.24) is 10.2 Å². The van der Waals surface area contributed by atoms with Crippen LogP contribution in [0.5, 0.6) is 0 Å². The van der Waals surface area contributed by atoms with Crippen molar-refractivity contribution in [2.45, 2.75) is 65.0 Å². The first kappa shape index (κ1) is 15.3. The highest BCUT2D eigenvalue weighted by atomic mass is 16.2. The SMILES string of the molecule is CCN(C(=O)NC(C)C)C1(CN)CCCC(C)C1. The fraction of sp³-hybridized carbons (Fsp3) is 0.929. The summed E-state index contributed by atoms with van der Waals surface area (Å²) < 4.78 is 0. The third-order valence-corrected chi connectivity index (χ3v) is 3.99. The van der Waals surface area contributed by atoms with Gasteiger partial charge in [0.1, 0.15) is 0 Å². The predicted octanol–water partition coefficient (Wildman–Crippen LogP) is 2.33. The molecule has 4 nitrogen and oxygen atoms in total. The van der Waals surface area contributed by atoms with Gasteiger partial charge in [0, 0.05) is 19.1 Å². The Morgan fingerprint density at radius 2 is 2.22 bits per heavy atom. The van der Waals surface area contributed by atoms with Crippen LogP contribution in [0, 0.1) is 5.92 Å². The maximum Gasteiger partial charge on any atom is 0.318 e. The molecule has 2 unspecified atom stereocenters. The smallest absolute Gasteiger partial charge is 0.318 e. The number of carbonyl (C=O) groups excluding carboxylic acids is 1. The van der Waals surface area contributed by atoms with Crippen LogP contribution in [-0.4, -0.2) is 35.6 Å². The van der Waals surface area contributed by atoms with Crippen molar-refractivity contribution in [2.75, 3.05) is 13.1 Å². The number of hydrogen-bond donors (Lipinski definition) is 2. The van der Waals surface area contributed by atoms with E-state index in [-0.39, 0.29) is 17.6 Å². The lowest BCUT2D eigenvalue weighted by Gasteiger charge is -2.47. The van der Waals surface area contributed by atoms with E-state index in [9.17, 15) is 4.79 Å². The minimum atomic E-state index is -0.134. The van der Waals surface area contributed by atoms with Crippen LogP contribution in [0.4, 0.5) is 4.79 Å². The minimum absolute atomic E-state index is 0.0343. The van der Waals surface area contributed by atoms with Crippen molar-refractivity contribution < 1.29 is 4.79 Å². The second-order valence-corrected chi connectivity index (χ2v) is 5.98. The molecule has 2 amide bonds. The molecule has 0 heterocycles. The van der Waals surface area contributed by atoms with Crippen LogP contribution >= 0.6 is 0 Å². The first-order valence-corrected chi connectivity index (χ1v) is 7.23. The van der Waals surface area contributed by atoms with Crippen LogP contribution < -0.4 is 11.1 Å². The van der Waals surface area contributed by atoms with Gasteiger partial charge in [-0.05, 0) is 39.5 Å². The molecule has 1 aliphatic carbocycles. The zero-order chi connectivity index (χ0) is 13.8. The number of likely N-dealkylation sites (N-methyl/N-ethyl adjacent to an activating group) is 1. The summed E-state index contributed by atoms with van der Waals surface area (Å²) in [5.74, 6) is 0.656. The average molecular weight is 255 g/mol. The van der Waals surface area contributed by atoms with Crippen LogP contribution in [0.2, 0.25) is 0 Å². The van der Waals surface area contributed by atoms with E-state index < -0.39 is 0 Å². The van der Waals surface area contributed by atoms with Gasteiger partial charge >= 0.3 is 6.03 Å². The maximum atomic E-state index is 12.3. The first-order chi connectivity index (χ1) is 8.45. The van der Waals surface area contributed by atoms with E-state index in [1.165, 1.54) is 12.8 Å². The standard InChI is InChI=1S/C14H29N3O/c1-5-17(13(18)16-11(2)3)14(10-15)8-6-7-12(4)9-14/h11-12H,5-10,15H2,1-4H3,(H,16,18). The lowest BCUT2D eigenvalue weighted by atomic mass is 9.75. The van der Waals surface area contributed by atoms with Crippen molar-refractivity contribution in [2.24, 2.45) is 11.7 Å². The molecule has 106 valence electrons. The maximum absolute atomic E-state index is 12.3. The van der Waals surface area contributed by atoms with E-state index in [1.807, 2.05) is 25.7 Å². The molecule has 3 N–H and O–H groups in total. The molecule has 0 radical (unpaired) electrons. The normalized spacial score (nSPS) is 28.2. The fourth-order valence-electron chi connectivity index (χ4n) is 3.19. The number of carbonyl (C=O) groups is 1. The minimum Gasteiger partial charge on any atom is -0.336 e. The Kier molecular flexibility index (Phi) is 5.45. The Bertz CT molecular complexity index is 280. The van der Waals surface area contributed by atoms with Crippen LogP contribution in [0.1, 0.15) is 53.4 Å². The number of nitrogens with two attached hydrogens (primary N) is 1. The van der Waals surface area contributed by atoms with E-state index in [1.54, 1.807) is 0 Å². The van der Waals surface area contributed by atoms with Crippen LogP contribution in [0.15, 0.2) is 0 Å². The Labute approximate surface area is 111 Å². The summed E-state index contributed by atoms with van der Waals surface area (Å²) in [5.41, 5.74) is 5.89. The number of nitrogens with one attached hydrogen (secondary N) is 1. The van der Waals surface area contributed by atoms with Gasteiger partial charge < -0.3 is 16.0 Å². The number of urea groups is 1. The molecule has 0 aliphatic heterocycles. The third kappa shape index (κ3) is 3.37. The number of amides is 2. The van der Waals surface area contributed by atoms with Gasteiger partial charge in [-0.15, -0.1) is 0 Å². The van der Waals surface area contributed by atoms with Gasteiger partial charge in [-0.3, -0.25) is 0 Å². The van der Waals surface area contributed by atoms with E-state index in [0.717, 1.165) is 19.4 Å². The van der Waals surface area contributed by atoms with Crippen LogP contribution in [0.25, 0.3) is 0 Å². The summed E-state index contributed by atoms with van der Waals surface area (Å²) in [6.07, 6.45) is 4.49. The molecule has 1 rings (SSSR count). The number of rotatable bonds is 4. The lowest BCUT2D eigenvalue weighted by molar-refractivity contribution is 0.0688. The molecule has 0 bridgehead atoms. The highest BCUT2D eigenvalue weighted by molar-refractivity contribution is 5.75. The monoisotopic (exact) mass is 255 g/mol. The second-order valence-electron chi connectivity index (χ2n) is 5.98. The summed E-state index contributed by atoms with van der Waals surface area (Å²) in [5, 5.41) is 3.00. The molecule has 1 aliphatic rings. The van der Waals surface area contributed by atoms with E-state index in [2.05, 4.69) is 12.2 Å². The van der Waals surface area contributed by atoms with Crippen LogP contribution in [-0.2, 0) is 0 Å². The van der Waals surface area contributed by atoms with E-state index in [0.29, 0.717) is 12.5 Å². The topological polar surface area (TPSA) is 58.4 Å². The Morgan fingerprint density at radius 3 is 2.67 bits per heavy atom. The zero-order valence-corrected chi connectivity index (χ0v) is 12.3. The quantitative estimate of drug-likeness (QED) is 0.810. The average Bonchev–Trinajstić information content (AvgIpc) is 2.28. The molecule has 1 saturated carbocycles. The molecule has 0 aromatic heterocycles. The zero-order valence-electron chi connectivity index (χ0n) is 12.3. The summed E-state index contributed by atoms with van der Waals surface area (Å²) in [6.45, 7) is 9.57. The molecular weight excluding hydrogens is 226 g/mol. The van der Waals surface area contributed by atoms with Gasteiger partial charge in [-0.1, -0.05) is 19.8 Å². The summed E-state index contributed by atoms with van der Waals surface area (Å²) in [6, 6.07) is 0.203. The third-order valence-electron chi connectivity index (χ3n) is 3.99. The van der Waals surface area contributed by atoms with Gasteiger partial charge in [0.25, 0.3) is 0 Å². The van der Waals surface area contributed by atoms with Gasteiger partial charge in [0.05, 0.1) is 5.54 Å². The molecule has 2 atom stereocenters. The van der Waals surface area contributed by atoms with Crippen molar-refractivity contribution >= 4 is 6.03 Å². The number of hydrogen-bond acceptors (Lipinski definition) is 2. The van der Waals surface area contributed by atoms with Gasteiger partial charge in [-0.2, -0.15) is 0 Å². The van der Waals surface area contributed by atoms with Crippen molar-refractivity contribution in [3.8, 4) is 0 Å². The molecular formula is C14H29N3O. The van der Waals surface area contributed by atoms with Crippen molar-refractivity contribution in [1.29, 1.82) is 0 Å². The van der Waals surface area contributed by atoms with Gasteiger partial charge in [-0.25, -0.2) is 4.79 Å².